The molecule has 0 aromatic heterocycles. The van der Waals surface area contributed by atoms with Gasteiger partial charge >= 0.3 is 0 Å². The van der Waals surface area contributed by atoms with Crippen molar-refractivity contribution in [1.29, 1.82) is 0 Å². The molecule has 1 heterocycles. The fourth-order valence-electron chi connectivity index (χ4n) is 2.34. The van der Waals surface area contributed by atoms with Gasteiger partial charge in [0.05, 0.1) is 0 Å². The number of rotatable bonds is 4. The predicted octanol–water partition coefficient (Wildman–Crippen LogP) is 0.363. The van der Waals surface area contributed by atoms with Crippen LogP contribution in [0.5, 0.6) is 0 Å². The zero-order chi connectivity index (χ0) is 10.0. The maximum Gasteiger partial charge on any atom is 0.0110 e. The van der Waals surface area contributed by atoms with E-state index in [0.717, 1.165) is 6.54 Å². The van der Waals surface area contributed by atoms with Gasteiger partial charge in [0.1, 0.15) is 0 Å². The largest absolute Gasteiger partial charge is 0.330 e. The molecule has 2 N–H and O–H groups in total. The first-order valence-corrected chi connectivity index (χ1v) is 5.93. The number of likely N-dealkylation sites (N-methyl/N-ethyl adjacent to an activating group) is 1. The lowest BCUT2D eigenvalue weighted by Crippen LogP contribution is -2.48. The predicted molar refractivity (Wildman–Crippen MR) is 59.3 cm³/mol. The van der Waals surface area contributed by atoms with Crippen LogP contribution in [0.4, 0.5) is 0 Å². The Morgan fingerprint density at radius 1 is 1.07 bits per heavy atom. The van der Waals surface area contributed by atoms with Gasteiger partial charge in [-0.05, 0) is 31.3 Å². The third-order valence-corrected chi connectivity index (χ3v) is 3.86. The fraction of sp³-hybridized carbons (Fsp3) is 1.00. The van der Waals surface area contributed by atoms with E-state index < -0.39 is 0 Å². The molecule has 0 bridgehead atoms. The number of piperazine rings is 1. The van der Waals surface area contributed by atoms with Gasteiger partial charge in [-0.2, -0.15) is 0 Å². The van der Waals surface area contributed by atoms with E-state index in [1.807, 2.05) is 0 Å². The average molecular weight is 197 g/mol. The third-order valence-electron chi connectivity index (χ3n) is 3.86. The standard InChI is InChI=1S/C11H23N3/c1-2-13-5-7-14(8-6-13)10-11(9-12)3-4-11/h2-10,12H2,1H3. The molecule has 1 aliphatic carbocycles. The second-order valence-corrected chi connectivity index (χ2v) is 4.91. The lowest BCUT2D eigenvalue weighted by Gasteiger charge is -2.35. The van der Waals surface area contributed by atoms with Gasteiger partial charge in [0.25, 0.3) is 0 Å². The SMILES string of the molecule is CCN1CCN(CC2(CN)CC2)CC1. The molecule has 0 spiro atoms. The summed E-state index contributed by atoms with van der Waals surface area (Å²) in [5.74, 6) is 0. The van der Waals surface area contributed by atoms with Crippen molar-refractivity contribution in [3.8, 4) is 0 Å². The molecule has 1 saturated heterocycles. The Kier molecular flexibility index (Phi) is 3.10. The van der Waals surface area contributed by atoms with Crippen LogP contribution < -0.4 is 5.73 Å². The molecule has 1 aliphatic heterocycles. The highest BCUT2D eigenvalue weighted by Crippen LogP contribution is 2.45. The summed E-state index contributed by atoms with van der Waals surface area (Å²) in [5, 5.41) is 0. The zero-order valence-electron chi connectivity index (χ0n) is 9.34. The van der Waals surface area contributed by atoms with Gasteiger partial charge in [-0.1, -0.05) is 6.92 Å². The molecule has 0 radical (unpaired) electrons. The number of nitrogens with two attached hydrogens (primary N) is 1. The molecule has 0 aromatic carbocycles. The van der Waals surface area contributed by atoms with Crippen molar-refractivity contribution in [2.24, 2.45) is 11.1 Å². The van der Waals surface area contributed by atoms with Gasteiger partial charge in [-0.25, -0.2) is 0 Å². The van der Waals surface area contributed by atoms with Gasteiger partial charge in [-0.3, -0.25) is 0 Å². The van der Waals surface area contributed by atoms with Crippen LogP contribution in [0.25, 0.3) is 0 Å². The highest BCUT2D eigenvalue weighted by molar-refractivity contribution is 4.96. The van der Waals surface area contributed by atoms with Gasteiger partial charge in [-0.15, -0.1) is 0 Å². The smallest absolute Gasteiger partial charge is 0.0110 e. The highest BCUT2D eigenvalue weighted by Gasteiger charge is 2.42. The second-order valence-electron chi connectivity index (χ2n) is 4.91. The molecule has 2 fully saturated rings. The van der Waals surface area contributed by atoms with Crippen molar-refractivity contribution in [3.05, 3.63) is 0 Å². The van der Waals surface area contributed by atoms with E-state index in [2.05, 4.69) is 16.7 Å². The molecule has 1 saturated carbocycles. The lowest BCUT2D eigenvalue weighted by molar-refractivity contribution is 0.118. The van der Waals surface area contributed by atoms with Gasteiger partial charge in [0, 0.05) is 32.7 Å². The quantitative estimate of drug-likeness (QED) is 0.706. The van der Waals surface area contributed by atoms with Crippen LogP contribution >= 0.6 is 0 Å². The summed E-state index contributed by atoms with van der Waals surface area (Å²) in [7, 11) is 0. The van der Waals surface area contributed by atoms with E-state index in [1.54, 1.807) is 0 Å². The van der Waals surface area contributed by atoms with E-state index in [0.29, 0.717) is 5.41 Å². The summed E-state index contributed by atoms with van der Waals surface area (Å²) >= 11 is 0. The van der Waals surface area contributed by atoms with Crippen LogP contribution in [-0.4, -0.2) is 55.6 Å². The van der Waals surface area contributed by atoms with Crippen LogP contribution in [0.3, 0.4) is 0 Å². The molecular formula is C11H23N3. The highest BCUT2D eigenvalue weighted by atomic mass is 15.3. The topological polar surface area (TPSA) is 32.5 Å². The first kappa shape index (κ1) is 10.4. The minimum absolute atomic E-state index is 0.522. The summed E-state index contributed by atoms with van der Waals surface area (Å²) in [5.41, 5.74) is 6.32. The van der Waals surface area contributed by atoms with Crippen LogP contribution in [0.1, 0.15) is 19.8 Å². The van der Waals surface area contributed by atoms with E-state index in [1.165, 1.54) is 52.1 Å². The summed E-state index contributed by atoms with van der Waals surface area (Å²) < 4.78 is 0. The molecule has 0 amide bonds. The number of nitrogens with zero attached hydrogens (tertiary/aromatic N) is 2. The summed E-state index contributed by atoms with van der Waals surface area (Å²) in [6.07, 6.45) is 2.72. The minimum Gasteiger partial charge on any atom is -0.330 e. The monoisotopic (exact) mass is 197 g/mol. The van der Waals surface area contributed by atoms with E-state index >= 15 is 0 Å². The van der Waals surface area contributed by atoms with Crippen LogP contribution in [-0.2, 0) is 0 Å². The fourth-order valence-corrected chi connectivity index (χ4v) is 2.34. The van der Waals surface area contributed by atoms with E-state index in [-0.39, 0.29) is 0 Å². The molecule has 0 unspecified atom stereocenters. The first-order valence-electron chi connectivity index (χ1n) is 5.93. The van der Waals surface area contributed by atoms with Crippen LogP contribution in [0, 0.1) is 5.41 Å². The molecule has 2 aliphatic rings. The Hall–Kier alpha value is -0.120. The molecule has 0 atom stereocenters. The van der Waals surface area contributed by atoms with E-state index in [4.69, 9.17) is 5.73 Å². The summed E-state index contributed by atoms with van der Waals surface area (Å²) in [6, 6.07) is 0. The van der Waals surface area contributed by atoms with Crippen molar-refractivity contribution in [1.82, 2.24) is 9.80 Å². The molecule has 14 heavy (non-hydrogen) atoms. The normalized spacial score (nSPS) is 27.9. The summed E-state index contributed by atoms with van der Waals surface area (Å²) in [4.78, 5) is 5.13. The Bertz CT molecular complexity index is 181. The van der Waals surface area contributed by atoms with Crippen molar-refractivity contribution in [2.75, 3.05) is 45.8 Å². The number of hydrogen-bond donors (Lipinski definition) is 1. The lowest BCUT2D eigenvalue weighted by atomic mass is 10.1. The van der Waals surface area contributed by atoms with Crippen LogP contribution in [0.2, 0.25) is 0 Å². The average Bonchev–Trinajstić information content (AvgIpc) is 3.00. The molecular weight excluding hydrogens is 174 g/mol. The molecule has 3 heteroatoms. The molecule has 3 nitrogen and oxygen atoms in total. The van der Waals surface area contributed by atoms with Gasteiger partial charge < -0.3 is 15.5 Å². The first-order chi connectivity index (χ1) is 6.78. The Morgan fingerprint density at radius 2 is 1.64 bits per heavy atom. The maximum absolute atomic E-state index is 5.80. The Balaban J connectivity index is 1.73. The third kappa shape index (κ3) is 2.27. The minimum atomic E-state index is 0.522. The van der Waals surface area contributed by atoms with E-state index in [9.17, 15) is 0 Å². The van der Waals surface area contributed by atoms with Crippen molar-refractivity contribution < 1.29 is 0 Å². The molecule has 82 valence electrons. The molecule has 0 aromatic rings. The summed E-state index contributed by atoms with van der Waals surface area (Å²) in [6.45, 7) is 10.6. The van der Waals surface area contributed by atoms with Crippen molar-refractivity contribution in [2.45, 2.75) is 19.8 Å². The maximum atomic E-state index is 5.80. The van der Waals surface area contributed by atoms with Crippen LogP contribution in [0.15, 0.2) is 0 Å². The van der Waals surface area contributed by atoms with Crippen molar-refractivity contribution >= 4 is 0 Å². The Labute approximate surface area is 87.2 Å². The van der Waals surface area contributed by atoms with Crippen molar-refractivity contribution in [3.63, 3.8) is 0 Å². The van der Waals surface area contributed by atoms with Gasteiger partial charge in [0.15, 0.2) is 0 Å². The Morgan fingerprint density at radius 3 is 2.07 bits per heavy atom. The zero-order valence-corrected chi connectivity index (χ0v) is 9.34. The number of hydrogen-bond acceptors (Lipinski definition) is 3. The molecule has 2 rings (SSSR count). The second kappa shape index (κ2) is 4.17. The van der Waals surface area contributed by atoms with Gasteiger partial charge in [0.2, 0.25) is 0 Å².